The third-order valence-corrected chi connectivity index (χ3v) is 15.4. The van der Waals surface area contributed by atoms with Crippen molar-refractivity contribution >= 4 is 8.32 Å². The van der Waals surface area contributed by atoms with E-state index in [9.17, 15) is 0 Å². The summed E-state index contributed by atoms with van der Waals surface area (Å²) in [6.45, 7) is 28.4. The van der Waals surface area contributed by atoms with Crippen molar-refractivity contribution < 1.29 is 4.43 Å². The van der Waals surface area contributed by atoms with Gasteiger partial charge < -0.3 is 4.43 Å². The highest BCUT2D eigenvalue weighted by molar-refractivity contribution is 6.74. The Morgan fingerprint density at radius 1 is 1.00 bits per heavy atom. The maximum absolute atomic E-state index is 6.82. The second-order valence-electron chi connectivity index (χ2n) is 14.7. The monoisotopic (exact) mass is 510 g/mol. The molecule has 3 rings (SSSR count). The number of hydrogen-bond donors (Lipinski definition) is 0. The van der Waals surface area contributed by atoms with E-state index in [1.807, 2.05) is 0 Å². The van der Waals surface area contributed by atoms with Crippen LogP contribution in [-0.4, -0.2) is 14.4 Å². The molecule has 0 N–H and O–H groups in total. The van der Waals surface area contributed by atoms with Gasteiger partial charge in [-0.2, -0.15) is 0 Å². The van der Waals surface area contributed by atoms with Crippen LogP contribution in [0.5, 0.6) is 0 Å². The van der Waals surface area contributed by atoms with Crippen LogP contribution >= 0.6 is 0 Å². The Morgan fingerprint density at radius 3 is 2.33 bits per heavy atom. The van der Waals surface area contributed by atoms with Gasteiger partial charge in [0, 0.05) is 6.10 Å². The predicted molar refractivity (Wildman–Crippen MR) is 162 cm³/mol. The molecule has 0 bridgehead atoms. The van der Waals surface area contributed by atoms with Gasteiger partial charge in [-0.25, -0.2) is 0 Å². The minimum absolute atomic E-state index is 0.262. The molecule has 0 aromatic carbocycles. The highest BCUT2D eigenvalue weighted by Gasteiger charge is 2.50. The van der Waals surface area contributed by atoms with Gasteiger partial charge in [-0.15, -0.1) is 0 Å². The molecule has 3 fully saturated rings. The average molecular weight is 511 g/mol. The van der Waals surface area contributed by atoms with Crippen molar-refractivity contribution in [2.24, 2.45) is 35.0 Å². The van der Waals surface area contributed by atoms with Gasteiger partial charge >= 0.3 is 0 Å². The molecule has 0 saturated heterocycles. The SMILES string of the molecule is C=C1CCC(O[Si](C)(C)C(C)(C)C)C/C1=C\C=C1CCC[C@]2(C)[C@@H](C(C)/C=C/C(C)C(C)C)CC[C@@H]12. The van der Waals surface area contributed by atoms with E-state index in [0.29, 0.717) is 23.4 Å². The third-order valence-electron chi connectivity index (χ3n) is 10.9. The predicted octanol–water partition coefficient (Wildman–Crippen LogP) is 10.7. The van der Waals surface area contributed by atoms with Crippen LogP contribution in [0, 0.1) is 35.0 Å². The summed E-state index contributed by atoms with van der Waals surface area (Å²) < 4.78 is 6.82. The van der Waals surface area contributed by atoms with Crippen LogP contribution in [0.15, 0.2) is 47.6 Å². The first-order chi connectivity index (χ1) is 16.7. The quantitative estimate of drug-likeness (QED) is 0.244. The number of allylic oxidation sites excluding steroid dienone is 6. The Labute approximate surface area is 226 Å². The Kier molecular flexibility index (Phi) is 9.47. The first-order valence-electron chi connectivity index (χ1n) is 15.1. The first kappa shape index (κ1) is 29.7. The summed E-state index contributed by atoms with van der Waals surface area (Å²) in [4.78, 5) is 0. The second kappa shape index (κ2) is 11.5. The van der Waals surface area contributed by atoms with Crippen LogP contribution < -0.4 is 0 Å². The Morgan fingerprint density at radius 2 is 1.69 bits per heavy atom. The zero-order valence-electron chi connectivity index (χ0n) is 25.5. The molecule has 3 aliphatic rings. The summed E-state index contributed by atoms with van der Waals surface area (Å²) in [6, 6.07) is 0. The van der Waals surface area contributed by atoms with Crippen LogP contribution in [-0.2, 0) is 4.43 Å². The molecule has 0 spiro atoms. The van der Waals surface area contributed by atoms with E-state index in [0.717, 1.165) is 37.0 Å². The van der Waals surface area contributed by atoms with E-state index in [1.54, 1.807) is 5.57 Å². The van der Waals surface area contributed by atoms with Gasteiger partial charge in [0.2, 0.25) is 0 Å². The molecule has 36 heavy (non-hydrogen) atoms. The molecule has 0 heterocycles. The second-order valence-corrected chi connectivity index (χ2v) is 19.5. The molecule has 2 heteroatoms. The van der Waals surface area contributed by atoms with E-state index >= 15 is 0 Å². The Hall–Kier alpha value is -0.863. The Balaban J connectivity index is 1.73. The van der Waals surface area contributed by atoms with Gasteiger partial charge in [0.1, 0.15) is 0 Å². The van der Waals surface area contributed by atoms with Gasteiger partial charge in [-0.1, -0.05) is 97.4 Å². The van der Waals surface area contributed by atoms with Crippen molar-refractivity contribution in [3.63, 3.8) is 0 Å². The molecule has 1 nitrogen and oxygen atoms in total. The minimum atomic E-state index is -1.74. The van der Waals surface area contributed by atoms with Gasteiger partial charge in [-0.05, 0) is 110 Å². The zero-order valence-corrected chi connectivity index (χ0v) is 26.5. The van der Waals surface area contributed by atoms with Crippen molar-refractivity contribution in [2.75, 3.05) is 0 Å². The van der Waals surface area contributed by atoms with Crippen LogP contribution in [0.4, 0.5) is 0 Å². The molecule has 0 radical (unpaired) electrons. The summed E-state index contributed by atoms with van der Waals surface area (Å²) in [6.07, 6.45) is 20.4. The number of fused-ring (bicyclic) bond motifs is 1. The summed E-state index contributed by atoms with van der Waals surface area (Å²) in [5.41, 5.74) is 4.94. The first-order valence-corrected chi connectivity index (χ1v) is 18.0. The summed E-state index contributed by atoms with van der Waals surface area (Å²) in [5.74, 6) is 3.62. The topological polar surface area (TPSA) is 9.23 Å². The smallest absolute Gasteiger partial charge is 0.192 e. The lowest BCUT2D eigenvalue weighted by Crippen LogP contribution is -2.44. The number of hydrogen-bond acceptors (Lipinski definition) is 1. The molecule has 3 saturated carbocycles. The van der Waals surface area contributed by atoms with E-state index in [1.165, 1.54) is 43.3 Å². The number of rotatable bonds is 7. The molecular weight excluding hydrogens is 452 g/mol. The summed E-state index contributed by atoms with van der Waals surface area (Å²) >= 11 is 0. The molecule has 0 aromatic heterocycles. The van der Waals surface area contributed by atoms with Gasteiger partial charge in [0.15, 0.2) is 8.32 Å². The molecular formula is C34H58OSi. The molecule has 3 aliphatic carbocycles. The molecule has 6 atom stereocenters. The van der Waals surface area contributed by atoms with Gasteiger partial charge in [0.05, 0.1) is 0 Å². The van der Waals surface area contributed by atoms with Crippen molar-refractivity contribution in [3.8, 4) is 0 Å². The van der Waals surface area contributed by atoms with Crippen molar-refractivity contribution in [2.45, 2.75) is 131 Å². The largest absolute Gasteiger partial charge is 0.414 e. The average Bonchev–Trinajstić information content (AvgIpc) is 3.14. The minimum Gasteiger partial charge on any atom is -0.414 e. The fourth-order valence-corrected chi connectivity index (χ4v) is 8.31. The molecule has 0 amide bonds. The van der Waals surface area contributed by atoms with Crippen LogP contribution in [0.3, 0.4) is 0 Å². The fourth-order valence-electron chi connectivity index (χ4n) is 6.93. The van der Waals surface area contributed by atoms with E-state index in [4.69, 9.17) is 4.43 Å². The molecule has 0 aliphatic heterocycles. The summed E-state index contributed by atoms with van der Waals surface area (Å²) in [5, 5.41) is 0.262. The molecule has 204 valence electrons. The lowest BCUT2D eigenvalue weighted by molar-refractivity contribution is 0.112. The van der Waals surface area contributed by atoms with Gasteiger partial charge in [0.25, 0.3) is 0 Å². The van der Waals surface area contributed by atoms with E-state index in [-0.39, 0.29) is 5.04 Å². The summed E-state index contributed by atoms with van der Waals surface area (Å²) in [7, 11) is -1.74. The normalized spacial score (nSPS) is 34.1. The highest BCUT2D eigenvalue weighted by atomic mass is 28.4. The van der Waals surface area contributed by atoms with Crippen LogP contribution in [0.2, 0.25) is 18.1 Å². The van der Waals surface area contributed by atoms with Crippen LogP contribution in [0.25, 0.3) is 0 Å². The van der Waals surface area contributed by atoms with Crippen LogP contribution in [0.1, 0.15) is 107 Å². The molecule has 0 aromatic rings. The lowest BCUT2D eigenvalue weighted by atomic mass is 9.61. The van der Waals surface area contributed by atoms with Crippen molar-refractivity contribution in [3.05, 3.63) is 47.6 Å². The standard InChI is InChI=1S/C34H58OSi/c1-24(2)25(3)14-15-27(5)31-20-21-32-28(13-12-22-34(31,32)9)17-18-29-23-30(19-16-26(29)4)35-36(10,11)33(6,7)8/h14-15,17-18,24-25,27,30-32H,4,12-13,16,19-23H2,1-3,5-11H3/b15-14+,28-17?,29-18+/t25?,27?,30?,31-,32+,34-/m1/s1. The molecule has 3 unspecified atom stereocenters. The highest BCUT2D eigenvalue weighted by Crippen LogP contribution is 2.59. The van der Waals surface area contributed by atoms with E-state index in [2.05, 4.69) is 99.4 Å². The zero-order chi connectivity index (χ0) is 26.9. The Bertz CT molecular complexity index is 866. The lowest BCUT2D eigenvalue weighted by Gasteiger charge is -2.44. The maximum atomic E-state index is 6.82. The fraction of sp³-hybridized carbons (Fsp3) is 0.765. The van der Waals surface area contributed by atoms with Crippen molar-refractivity contribution in [1.29, 1.82) is 0 Å². The maximum Gasteiger partial charge on any atom is 0.192 e. The third kappa shape index (κ3) is 6.58. The van der Waals surface area contributed by atoms with Crippen molar-refractivity contribution in [1.82, 2.24) is 0 Å². The van der Waals surface area contributed by atoms with Gasteiger partial charge in [-0.3, -0.25) is 0 Å². The van der Waals surface area contributed by atoms with E-state index < -0.39 is 8.32 Å².